The number of benzene rings is 3. The van der Waals surface area contributed by atoms with Crippen molar-refractivity contribution in [1.82, 2.24) is 0 Å². The van der Waals surface area contributed by atoms with Crippen LogP contribution in [0.1, 0.15) is 11.1 Å². The van der Waals surface area contributed by atoms with Gasteiger partial charge in [-0.3, -0.25) is 0 Å². The number of rotatable bonds is 12. The average molecular weight is 447 g/mol. The molecule has 3 aromatic rings. The first-order valence-corrected chi connectivity index (χ1v) is 10.4. The van der Waals surface area contributed by atoms with Gasteiger partial charge in [-0.2, -0.15) is 0 Å². The van der Waals surface area contributed by atoms with Crippen LogP contribution in [0.25, 0.3) is 0 Å². The van der Waals surface area contributed by atoms with Gasteiger partial charge in [-0.15, -0.1) is 0 Å². The van der Waals surface area contributed by atoms with Crippen molar-refractivity contribution in [2.75, 3.05) is 26.4 Å². The number of hydrogen-bond acceptors (Lipinski definition) is 4. The highest BCUT2D eigenvalue weighted by Crippen LogP contribution is 2.16. The second-order valence-electron chi connectivity index (χ2n) is 6.53. The molecule has 0 heterocycles. The molecule has 158 valence electrons. The Morgan fingerprint density at radius 3 is 1.20 bits per heavy atom. The molecule has 30 heavy (non-hydrogen) atoms. The van der Waals surface area contributed by atoms with E-state index in [1.54, 1.807) is 24.3 Å². The molecule has 3 aromatic carbocycles. The van der Waals surface area contributed by atoms with E-state index in [-0.39, 0.29) is 0 Å². The molecule has 0 unspecified atom stereocenters. The fraction of sp³-hybridized carbons (Fsp3) is 0.250. The number of hydrogen-bond donors (Lipinski definition) is 0. The van der Waals surface area contributed by atoms with Crippen LogP contribution >= 0.6 is 23.2 Å². The summed E-state index contributed by atoms with van der Waals surface area (Å²) in [5.41, 5.74) is 2.22. The molecule has 0 aliphatic rings. The van der Waals surface area contributed by atoms with Gasteiger partial charge >= 0.3 is 0 Å². The van der Waals surface area contributed by atoms with E-state index in [2.05, 4.69) is 0 Å². The third-order valence-corrected chi connectivity index (χ3v) is 4.68. The zero-order valence-electron chi connectivity index (χ0n) is 16.6. The lowest BCUT2D eigenvalue weighted by molar-refractivity contribution is 0.0874. The maximum atomic E-state index is 5.85. The monoisotopic (exact) mass is 446 g/mol. The molecule has 3 rings (SSSR count). The summed E-state index contributed by atoms with van der Waals surface area (Å²) in [6, 6.07) is 22.7. The van der Waals surface area contributed by atoms with Crippen molar-refractivity contribution in [1.29, 1.82) is 0 Å². The molecule has 0 fully saturated rings. The SMILES string of the molecule is Clc1ccc(OCCOCc2ccc(COCCOc3ccc(Cl)cc3)cc2)cc1. The molecule has 0 saturated heterocycles. The Bertz CT molecular complexity index is 791. The van der Waals surface area contributed by atoms with Crippen LogP contribution in [-0.4, -0.2) is 26.4 Å². The predicted molar refractivity (Wildman–Crippen MR) is 120 cm³/mol. The normalized spacial score (nSPS) is 10.7. The third-order valence-electron chi connectivity index (χ3n) is 4.18. The van der Waals surface area contributed by atoms with Crippen LogP contribution in [-0.2, 0) is 22.7 Å². The minimum absolute atomic E-state index is 0.492. The van der Waals surface area contributed by atoms with Crippen LogP contribution in [0, 0.1) is 0 Å². The minimum atomic E-state index is 0.492. The fourth-order valence-electron chi connectivity index (χ4n) is 2.61. The van der Waals surface area contributed by atoms with Crippen molar-refractivity contribution < 1.29 is 18.9 Å². The van der Waals surface area contributed by atoms with Gasteiger partial charge in [0.25, 0.3) is 0 Å². The maximum absolute atomic E-state index is 5.85. The highest BCUT2D eigenvalue weighted by molar-refractivity contribution is 6.30. The highest BCUT2D eigenvalue weighted by atomic mass is 35.5. The van der Waals surface area contributed by atoms with Gasteiger partial charge in [0, 0.05) is 10.0 Å². The van der Waals surface area contributed by atoms with E-state index >= 15 is 0 Å². The van der Waals surface area contributed by atoms with Crippen LogP contribution in [0.2, 0.25) is 10.0 Å². The molecular weight excluding hydrogens is 423 g/mol. The van der Waals surface area contributed by atoms with Crippen molar-refractivity contribution in [3.05, 3.63) is 94.0 Å². The summed E-state index contributed by atoms with van der Waals surface area (Å²) in [5, 5.41) is 1.39. The van der Waals surface area contributed by atoms with Gasteiger partial charge in [0.1, 0.15) is 24.7 Å². The Hall–Kier alpha value is -2.24. The Morgan fingerprint density at radius 1 is 0.467 bits per heavy atom. The molecule has 6 heteroatoms. The molecule has 0 bridgehead atoms. The van der Waals surface area contributed by atoms with Crippen molar-refractivity contribution in [2.24, 2.45) is 0 Å². The van der Waals surface area contributed by atoms with Gasteiger partial charge in [0.05, 0.1) is 26.4 Å². The maximum Gasteiger partial charge on any atom is 0.119 e. The molecule has 0 atom stereocenters. The summed E-state index contributed by atoms with van der Waals surface area (Å²) in [6.45, 7) is 3.10. The molecule has 0 saturated carbocycles. The molecule has 0 spiro atoms. The van der Waals surface area contributed by atoms with Gasteiger partial charge < -0.3 is 18.9 Å². The first kappa shape index (κ1) is 22.4. The lowest BCUT2D eigenvalue weighted by atomic mass is 10.1. The first-order chi connectivity index (χ1) is 14.7. The van der Waals surface area contributed by atoms with E-state index in [0.717, 1.165) is 22.6 Å². The molecule has 0 aromatic heterocycles. The number of ether oxygens (including phenoxy) is 4. The molecule has 0 aliphatic carbocycles. The molecule has 0 amide bonds. The van der Waals surface area contributed by atoms with Crippen molar-refractivity contribution in [2.45, 2.75) is 13.2 Å². The second kappa shape index (κ2) is 12.5. The Morgan fingerprint density at radius 2 is 0.833 bits per heavy atom. The summed E-state index contributed by atoms with van der Waals surface area (Å²) >= 11 is 11.7. The van der Waals surface area contributed by atoms with Gasteiger partial charge in [0.2, 0.25) is 0 Å². The summed E-state index contributed by atoms with van der Waals surface area (Å²) in [6.07, 6.45) is 0. The largest absolute Gasteiger partial charge is 0.491 e. The standard InChI is InChI=1S/C24H24Cl2O4/c25-21-5-9-23(10-6-21)29-15-13-27-17-19-1-2-20(4-3-19)18-28-14-16-30-24-11-7-22(26)8-12-24/h1-12H,13-18H2. The fourth-order valence-corrected chi connectivity index (χ4v) is 2.86. The van der Waals surface area contributed by atoms with Crippen LogP contribution in [0.5, 0.6) is 11.5 Å². The Balaban J connectivity index is 1.25. The van der Waals surface area contributed by atoms with Gasteiger partial charge in [-0.1, -0.05) is 47.5 Å². The summed E-state index contributed by atoms with van der Waals surface area (Å²) in [5.74, 6) is 1.57. The van der Waals surface area contributed by atoms with Gasteiger partial charge in [-0.05, 0) is 59.7 Å². The molecule has 0 aliphatic heterocycles. The zero-order chi connectivity index (χ0) is 21.0. The minimum Gasteiger partial charge on any atom is -0.491 e. The lowest BCUT2D eigenvalue weighted by Crippen LogP contribution is -2.07. The van der Waals surface area contributed by atoms with Crippen molar-refractivity contribution >= 4 is 23.2 Å². The number of halogens is 2. The molecule has 0 radical (unpaired) electrons. The van der Waals surface area contributed by atoms with E-state index < -0.39 is 0 Å². The predicted octanol–water partition coefficient (Wildman–Crippen LogP) is 6.18. The molecular formula is C24H24Cl2O4. The quantitative estimate of drug-likeness (QED) is 0.311. The lowest BCUT2D eigenvalue weighted by Gasteiger charge is -2.09. The second-order valence-corrected chi connectivity index (χ2v) is 7.40. The zero-order valence-corrected chi connectivity index (χ0v) is 18.1. The van der Waals surface area contributed by atoms with E-state index in [4.69, 9.17) is 42.1 Å². The summed E-state index contributed by atoms with van der Waals surface area (Å²) < 4.78 is 22.5. The first-order valence-electron chi connectivity index (χ1n) is 9.69. The Labute approximate surface area is 187 Å². The van der Waals surface area contributed by atoms with E-state index in [1.807, 2.05) is 48.5 Å². The van der Waals surface area contributed by atoms with E-state index in [9.17, 15) is 0 Å². The average Bonchev–Trinajstić information content (AvgIpc) is 2.77. The van der Waals surface area contributed by atoms with E-state index in [1.165, 1.54) is 0 Å². The van der Waals surface area contributed by atoms with Crippen LogP contribution in [0.3, 0.4) is 0 Å². The smallest absolute Gasteiger partial charge is 0.119 e. The third kappa shape index (κ3) is 8.25. The van der Waals surface area contributed by atoms with Gasteiger partial charge in [-0.25, -0.2) is 0 Å². The van der Waals surface area contributed by atoms with E-state index in [0.29, 0.717) is 49.7 Å². The van der Waals surface area contributed by atoms with Crippen molar-refractivity contribution in [3.8, 4) is 11.5 Å². The molecule has 0 N–H and O–H groups in total. The van der Waals surface area contributed by atoms with Crippen LogP contribution in [0.15, 0.2) is 72.8 Å². The summed E-state index contributed by atoms with van der Waals surface area (Å²) in [7, 11) is 0. The van der Waals surface area contributed by atoms with Crippen LogP contribution < -0.4 is 9.47 Å². The Kier molecular flexibility index (Phi) is 9.32. The van der Waals surface area contributed by atoms with Crippen molar-refractivity contribution in [3.63, 3.8) is 0 Å². The summed E-state index contributed by atoms with van der Waals surface area (Å²) in [4.78, 5) is 0. The topological polar surface area (TPSA) is 36.9 Å². The van der Waals surface area contributed by atoms with Crippen LogP contribution in [0.4, 0.5) is 0 Å². The highest BCUT2D eigenvalue weighted by Gasteiger charge is 1.99. The van der Waals surface area contributed by atoms with Gasteiger partial charge in [0.15, 0.2) is 0 Å². The molecule has 4 nitrogen and oxygen atoms in total.